The summed E-state index contributed by atoms with van der Waals surface area (Å²) in [6.07, 6.45) is 8.28. The number of benzene rings is 1. The minimum absolute atomic E-state index is 0.0444. The zero-order valence-corrected chi connectivity index (χ0v) is 15.1. The Labute approximate surface area is 145 Å². The number of nitrogens with one attached hydrogen (secondary N) is 2. The van der Waals surface area contributed by atoms with E-state index in [-0.39, 0.29) is 18.0 Å². The van der Waals surface area contributed by atoms with E-state index in [1.54, 1.807) is 7.11 Å². The van der Waals surface area contributed by atoms with Gasteiger partial charge in [-0.15, -0.1) is 0 Å². The second-order valence-electron chi connectivity index (χ2n) is 6.50. The summed E-state index contributed by atoms with van der Waals surface area (Å²) in [5.41, 5.74) is 2.55. The van der Waals surface area contributed by atoms with Crippen molar-refractivity contribution in [2.24, 2.45) is 0 Å². The minimum Gasteiger partial charge on any atom is -0.496 e. The molecule has 0 saturated heterocycles. The molecule has 1 aromatic carbocycles. The van der Waals surface area contributed by atoms with Crippen LogP contribution in [0, 0.1) is 0 Å². The highest BCUT2D eigenvalue weighted by atomic mass is 16.5. The highest BCUT2D eigenvalue weighted by molar-refractivity contribution is 5.81. The van der Waals surface area contributed by atoms with E-state index in [0.29, 0.717) is 0 Å². The van der Waals surface area contributed by atoms with Gasteiger partial charge in [0.2, 0.25) is 5.91 Å². The molecular formula is C20H30N2O2. The lowest BCUT2D eigenvalue weighted by atomic mass is 9.97. The number of hydrogen-bond donors (Lipinski definition) is 2. The SMILES string of the molecule is COc1ccccc1C(C)NC(C)C(=O)NCCC1=CCCCC1. The van der Waals surface area contributed by atoms with Crippen molar-refractivity contribution in [2.45, 2.75) is 58.0 Å². The molecule has 2 N–H and O–H groups in total. The lowest BCUT2D eigenvalue weighted by Gasteiger charge is -2.22. The quantitative estimate of drug-likeness (QED) is 0.714. The summed E-state index contributed by atoms with van der Waals surface area (Å²) in [5, 5.41) is 6.39. The molecule has 4 heteroatoms. The van der Waals surface area contributed by atoms with Gasteiger partial charge >= 0.3 is 0 Å². The average molecular weight is 330 g/mol. The standard InChI is InChI=1S/C20H30N2O2/c1-15(18-11-7-8-12-19(18)24-3)22-16(2)20(23)21-14-13-17-9-5-4-6-10-17/h7-9,11-12,15-16,22H,4-6,10,13-14H2,1-3H3,(H,21,23). The van der Waals surface area contributed by atoms with Gasteiger partial charge < -0.3 is 10.1 Å². The molecule has 0 spiro atoms. The van der Waals surface area contributed by atoms with Crippen LogP contribution in [0.1, 0.15) is 57.6 Å². The zero-order chi connectivity index (χ0) is 17.4. The third kappa shape index (κ3) is 5.38. The fraction of sp³-hybridized carbons (Fsp3) is 0.550. The molecule has 1 aliphatic carbocycles. The Kier molecular flexibility index (Phi) is 7.32. The van der Waals surface area contributed by atoms with Crippen molar-refractivity contribution >= 4 is 5.91 Å². The molecule has 0 aromatic heterocycles. The van der Waals surface area contributed by atoms with E-state index < -0.39 is 0 Å². The van der Waals surface area contributed by atoms with E-state index in [4.69, 9.17) is 4.74 Å². The molecule has 2 unspecified atom stereocenters. The summed E-state index contributed by atoms with van der Waals surface area (Å²) in [6.45, 7) is 4.68. The maximum Gasteiger partial charge on any atom is 0.236 e. The second kappa shape index (κ2) is 9.48. The maximum atomic E-state index is 12.3. The zero-order valence-electron chi connectivity index (χ0n) is 15.1. The first kappa shape index (κ1) is 18.5. The Balaban J connectivity index is 1.79. The highest BCUT2D eigenvalue weighted by Gasteiger charge is 2.18. The molecule has 0 bridgehead atoms. The van der Waals surface area contributed by atoms with E-state index in [1.165, 1.54) is 31.3 Å². The Bertz CT molecular complexity index is 569. The minimum atomic E-state index is -0.245. The smallest absolute Gasteiger partial charge is 0.236 e. The Morgan fingerprint density at radius 3 is 2.75 bits per heavy atom. The number of para-hydroxylation sites is 1. The number of methoxy groups -OCH3 is 1. The van der Waals surface area contributed by atoms with Crippen LogP contribution < -0.4 is 15.4 Å². The molecule has 1 aromatic rings. The van der Waals surface area contributed by atoms with Crippen molar-refractivity contribution in [3.05, 3.63) is 41.5 Å². The predicted molar refractivity (Wildman–Crippen MR) is 98.2 cm³/mol. The molecule has 1 aliphatic rings. The monoisotopic (exact) mass is 330 g/mol. The third-order valence-corrected chi connectivity index (χ3v) is 4.63. The van der Waals surface area contributed by atoms with Gasteiger partial charge in [-0.05, 0) is 52.0 Å². The topological polar surface area (TPSA) is 50.4 Å². The first-order valence-corrected chi connectivity index (χ1v) is 8.96. The number of rotatable bonds is 8. The number of amides is 1. The normalized spacial score (nSPS) is 16.9. The number of ether oxygens (including phenoxy) is 1. The van der Waals surface area contributed by atoms with Crippen LogP contribution in [0.4, 0.5) is 0 Å². The van der Waals surface area contributed by atoms with E-state index in [9.17, 15) is 4.79 Å². The summed E-state index contributed by atoms with van der Waals surface area (Å²) >= 11 is 0. The van der Waals surface area contributed by atoms with Gasteiger partial charge in [0.05, 0.1) is 13.2 Å². The van der Waals surface area contributed by atoms with E-state index >= 15 is 0 Å². The van der Waals surface area contributed by atoms with Crippen molar-refractivity contribution in [3.63, 3.8) is 0 Å². The molecule has 0 aliphatic heterocycles. The molecule has 0 saturated carbocycles. The molecule has 2 atom stereocenters. The van der Waals surface area contributed by atoms with Crippen LogP contribution in [0.5, 0.6) is 5.75 Å². The molecule has 24 heavy (non-hydrogen) atoms. The number of allylic oxidation sites excluding steroid dienone is 1. The number of hydrogen-bond acceptors (Lipinski definition) is 3. The molecule has 4 nitrogen and oxygen atoms in total. The summed E-state index contributed by atoms with van der Waals surface area (Å²) < 4.78 is 5.39. The molecule has 0 fully saturated rings. The predicted octanol–water partition coefficient (Wildman–Crippen LogP) is 3.74. The van der Waals surface area contributed by atoms with Crippen LogP contribution in [0.3, 0.4) is 0 Å². The van der Waals surface area contributed by atoms with Crippen molar-refractivity contribution in [1.82, 2.24) is 10.6 Å². The summed E-state index contributed by atoms with van der Waals surface area (Å²) in [4.78, 5) is 12.3. The second-order valence-corrected chi connectivity index (χ2v) is 6.50. The van der Waals surface area contributed by atoms with Crippen molar-refractivity contribution in [1.29, 1.82) is 0 Å². The van der Waals surface area contributed by atoms with Crippen LogP contribution in [0.15, 0.2) is 35.9 Å². The Morgan fingerprint density at radius 2 is 2.04 bits per heavy atom. The summed E-state index contributed by atoms with van der Waals surface area (Å²) in [6, 6.07) is 7.70. The molecule has 1 amide bonds. The molecule has 132 valence electrons. The van der Waals surface area contributed by atoms with E-state index in [0.717, 1.165) is 24.3 Å². The lowest BCUT2D eigenvalue weighted by Crippen LogP contribution is -2.43. The van der Waals surface area contributed by atoms with Gasteiger partial charge in [-0.1, -0.05) is 29.8 Å². The van der Waals surface area contributed by atoms with Crippen LogP contribution >= 0.6 is 0 Å². The van der Waals surface area contributed by atoms with Gasteiger partial charge in [0.1, 0.15) is 5.75 Å². The molecule has 0 heterocycles. The van der Waals surface area contributed by atoms with Crippen LogP contribution in [0.25, 0.3) is 0 Å². The van der Waals surface area contributed by atoms with Gasteiger partial charge in [-0.3, -0.25) is 10.1 Å². The Morgan fingerprint density at radius 1 is 1.25 bits per heavy atom. The summed E-state index contributed by atoms with van der Waals surface area (Å²) in [5.74, 6) is 0.891. The molecule has 0 radical (unpaired) electrons. The van der Waals surface area contributed by atoms with Gasteiger partial charge in [-0.25, -0.2) is 0 Å². The van der Waals surface area contributed by atoms with Crippen LogP contribution in [0.2, 0.25) is 0 Å². The highest BCUT2D eigenvalue weighted by Crippen LogP contribution is 2.24. The molecule has 2 rings (SSSR count). The van der Waals surface area contributed by atoms with E-state index in [2.05, 4.69) is 23.6 Å². The van der Waals surface area contributed by atoms with E-state index in [1.807, 2.05) is 31.2 Å². The lowest BCUT2D eigenvalue weighted by molar-refractivity contribution is -0.122. The first-order chi connectivity index (χ1) is 11.6. The third-order valence-electron chi connectivity index (χ3n) is 4.63. The molecular weight excluding hydrogens is 300 g/mol. The van der Waals surface area contributed by atoms with Gasteiger partial charge in [0.25, 0.3) is 0 Å². The first-order valence-electron chi connectivity index (χ1n) is 8.96. The average Bonchev–Trinajstić information content (AvgIpc) is 2.62. The number of carbonyl (C=O) groups is 1. The fourth-order valence-electron chi connectivity index (χ4n) is 3.20. The van der Waals surface area contributed by atoms with Crippen molar-refractivity contribution in [2.75, 3.05) is 13.7 Å². The largest absolute Gasteiger partial charge is 0.496 e. The van der Waals surface area contributed by atoms with Crippen LogP contribution in [-0.2, 0) is 4.79 Å². The van der Waals surface area contributed by atoms with Crippen molar-refractivity contribution < 1.29 is 9.53 Å². The number of carbonyl (C=O) groups excluding carboxylic acids is 1. The fourth-order valence-corrected chi connectivity index (χ4v) is 3.20. The van der Waals surface area contributed by atoms with Gasteiger partial charge in [0, 0.05) is 18.2 Å². The van der Waals surface area contributed by atoms with Gasteiger partial charge in [0.15, 0.2) is 0 Å². The summed E-state index contributed by atoms with van der Waals surface area (Å²) in [7, 11) is 1.67. The van der Waals surface area contributed by atoms with Crippen LogP contribution in [-0.4, -0.2) is 25.6 Å². The maximum absolute atomic E-state index is 12.3. The Hall–Kier alpha value is -1.81. The van der Waals surface area contributed by atoms with Gasteiger partial charge in [-0.2, -0.15) is 0 Å². The van der Waals surface area contributed by atoms with Crippen molar-refractivity contribution in [3.8, 4) is 5.75 Å².